The van der Waals surface area contributed by atoms with Gasteiger partial charge in [-0.1, -0.05) is 24.3 Å². The highest BCUT2D eigenvalue weighted by Gasteiger charge is 2.20. The van der Waals surface area contributed by atoms with Crippen molar-refractivity contribution in [1.29, 1.82) is 0 Å². The number of aromatic nitrogens is 2. The quantitative estimate of drug-likeness (QED) is 0.319. The molecule has 1 atom stereocenters. The minimum Gasteiger partial charge on any atom is -0.508 e. The molecule has 1 saturated heterocycles. The van der Waals surface area contributed by atoms with E-state index in [1.54, 1.807) is 13.2 Å². The van der Waals surface area contributed by atoms with Gasteiger partial charge in [0.15, 0.2) is 0 Å². The summed E-state index contributed by atoms with van der Waals surface area (Å²) in [6.45, 7) is 2.78. The lowest BCUT2D eigenvalue weighted by molar-refractivity contribution is 0.293. The summed E-state index contributed by atoms with van der Waals surface area (Å²) < 4.78 is 5.58. The Morgan fingerprint density at radius 1 is 1.15 bits per heavy atom. The monoisotopic (exact) mass is 456 g/mol. The third-order valence-corrected chi connectivity index (χ3v) is 6.98. The Morgan fingerprint density at radius 2 is 2.03 bits per heavy atom. The zero-order valence-corrected chi connectivity index (χ0v) is 19.8. The number of phenols is 1. The first kappa shape index (κ1) is 22.4. The fraction of sp³-hybridized carbons (Fsp3) is 0.321. The molecule has 0 amide bonds. The summed E-state index contributed by atoms with van der Waals surface area (Å²) in [7, 11) is 3.90. The molecule has 0 bridgehead atoms. The van der Waals surface area contributed by atoms with Gasteiger partial charge in [0.2, 0.25) is 0 Å². The van der Waals surface area contributed by atoms with Crippen LogP contribution in [-0.2, 0) is 6.54 Å². The van der Waals surface area contributed by atoms with Crippen LogP contribution in [-0.4, -0.2) is 53.3 Å². The average molecular weight is 457 g/mol. The molecule has 0 spiro atoms. The molecule has 4 aromatic rings. The van der Waals surface area contributed by atoms with Crippen LogP contribution in [0.3, 0.4) is 0 Å². The van der Waals surface area contributed by atoms with Crippen molar-refractivity contribution in [2.45, 2.75) is 31.8 Å². The van der Waals surface area contributed by atoms with E-state index in [2.05, 4.69) is 45.4 Å². The molecule has 0 aliphatic carbocycles. The molecule has 34 heavy (non-hydrogen) atoms. The molecule has 0 saturated carbocycles. The SMILES string of the molecule is COc1ccccc1-c1c[nH]c2ncc(-c3ccc(O)c(CNCCC4CCCN4C)c3)cc12. The van der Waals surface area contributed by atoms with Crippen LogP contribution < -0.4 is 10.1 Å². The normalized spacial score (nSPS) is 16.4. The van der Waals surface area contributed by atoms with Crippen molar-refractivity contribution >= 4 is 11.0 Å². The number of ether oxygens (including phenoxy) is 1. The Morgan fingerprint density at radius 3 is 2.85 bits per heavy atom. The average Bonchev–Trinajstić information content (AvgIpc) is 3.48. The van der Waals surface area contributed by atoms with Crippen molar-refractivity contribution in [2.24, 2.45) is 0 Å². The van der Waals surface area contributed by atoms with E-state index in [-0.39, 0.29) is 0 Å². The lowest BCUT2D eigenvalue weighted by Gasteiger charge is -2.19. The van der Waals surface area contributed by atoms with Crippen LogP contribution in [0.4, 0.5) is 0 Å². The first-order valence-electron chi connectivity index (χ1n) is 12.0. The lowest BCUT2D eigenvalue weighted by atomic mass is 10.00. The fourth-order valence-corrected chi connectivity index (χ4v) is 4.99. The van der Waals surface area contributed by atoms with Gasteiger partial charge in [0.1, 0.15) is 17.1 Å². The molecule has 3 heterocycles. The van der Waals surface area contributed by atoms with Gasteiger partial charge in [-0.2, -0.15) is 0 Å². The third-order valence-electron chi connectivity index (χ3n) is 6.98. The number of fused-ring (bicyclic) bond motifs is 1. The number of phenolic OH excluding ortho intramolecular Hbond substituents is 1. The third kappa shape index (κ3) is 4.52. The molecule has 2 aromatic carbocycles. The van der Waals surface area contributed by atoms with Crippen molar-refractivity contribution in [2.75, 3.05) is 27.2 Å². The minimum atomic E-state index is 0.319. The van der Waals surface area contributed by atoms with E-state index in [1.165, 1.54) is 19.4 Å². The summed E-state index contributed by atoms with van der Waals surface area (Å²) in [5.41, 5.74) is 5.86. The Bertz CT molecular complexity index is 1280. The van der Waals surface area contributed by atoms with Gasteiger partial charge in [0, 0.05) is 52.6 Å². The molecule has 5 rings (SSSR count). The second-order valence-electron chi connectivity index (χ2n) is 9.11. The van der Waals surface area contributed by atoms with Crippen LogP contribution in [0, 0.1) is 0 Å². The number of nitrogens with zero attached hydrogens (tertiary/aromatic N) is 2. The van der Waals surface area contributed by atoms with Crippen LogP contribution in [0.15, 0.2) is 60.9 Å². The fourth-order valence-electron chi connectivity index (χ4n) is 4.99. The van der Waals surface area contributed by atoms with Crippen molar-refractivity contribution in [3.05, 3.63) is 66.5 Å². The largest absolute Gasteiger partial charge is 0.508 e. The standard InChI is InChI=1S/C28H32N4O2/c1-32-13-5-6-22(32)11-12-29-16-21-14-19(9-10-26(21)33)20-15-24-25(18-31-28(24)30-17-20)23-7-3-4-8-27(23)34-2/h3-4,7-10,14-15,17-18,22,29,33H,5-6,11-13,16H2,1-2H3,(H,30,31). The Hall–Kier alpha value is -3.35. The van der Waals surface area contributed by atoms with Crippen molar-refractivity contribution < 1.29 is 9.84 Å². The molecule has 6 heteroatoms. The molecular weight excluding hydrogens is 424 g/mol. The predicted molar refractivity (Wildman–Crippen MR) is 137 cm³/mol. The molecule has 2 aromatic heterocycles. The zero-order chi connectivity index (χ0) is 23.5. The van der Waals surface area contributed by atoms with E-state index in [4.69, 9.17) is 4.74 Å². The van der Waals surface area contributed by atoms with Crippen molar-refractivity contribution in [1.82, 2.24) is 20.2 Å². The molecule has 1 unspecified atom stereocenters. The van der Waals surface area contributed by atoms with Crippen LogP contribution >= 0.6 is 0 Å². The van der Waals surface area contributed by atoms with Gasteiger partial charge in [-0.25, -0.2) is 4.98 Å². The first-order valence-corrected chi connectivity index (χ1v) is 12.0. The molecule has 1 fully saturated rings. The first-order chi connectivity index (χ1) is 16.6. The van der Waals surface area contributed by atoms with Gasteiger partial charge in [-0.05, 0) is 69.2 Å². The van der Waals surface area contributed by atoms with Gasteiger partial charge >= 0.3 is 0 Å². The smallest absolute Gasteiger partial charge is 0.137 e. The zero-order valence-electron chi connectivity index (χ0n) is 19.8. The number of para-hydroxylation sites is 1. The van der Waals surface area contributed by atoms with E-state index < -0.39 is 0 Å². The summed E-state index contributed by atoms with van der Waals surface area (Å²) in [4.78, 5) is 10.4. The van der Waals surface area contributed by atoms with Gasteiger partial charge in [0.05, 0.1) is 7.11 Å². The summed E-state index contributed by atoms with van der Waals surface area (Å²) in [6, 6.07) is 16.6. The van der Waals surface area contributed by atoms with Gasteiger partial charge < -0.3 is 25.0 Å². The number of benzene rings is 2. The number of methoxy groups -OCH3 is 1. The maximum atomic E-state index is 10.4. The summed E-state index contributed by atoms with van der Waals surface area (Å²) in [5, 5.41) is 15.0. The minimum absolute atomic E-state index is 0.319. The topological polar surface area (TPSA) is 73.4 Å². The number of aromatic hydroxyl groups is 1. The molecule has 176 valence electrons. The molecular formula is C28H32N4O2. The highest BCUT2D eigenvalue weighted by atomic mass is 16.5. The van der Waals surface area contributed by atoms with Crippen molar-refractivity contribution in [3.63, 3.8) is 0 Å². The molecule has 6 nitrogen and oxygen atoms in total. The van der Waals surface area contributed by atoms with E-state index in [9.17, 15) is 5.11 Å². The highest BCUT2D eigenvalue weighted by Crippen LogP contribution is 2.36. The Balaban J connectivity index is 1.37. The van der Waals surface area contributed by atoms with Crippen LogP contribution in [0.2, 0.25) is 0 Å². The second kappa shape index (κ2) is 9.87. The van der Waals surface area contributed by atoms with Crippen LogP contribution in [0.25, 0.3) is 33.3 Å². The molecule has 1 aliphatic heterocycles. The highest BCUT2D eigenvalue weighted by molar-refractivity contribution is 5.97. The van der Waals surface area contributed by atoms with E-state index in [0.29, 0.717) is 18.3 Å². The van der Waals surface area contributed by atoms with E-state index in [1.807, 2.05) is 36.7 Å². The number of hydrogen-bond acceptors (Lipinski definition) is 5. The molecule has 0 radical (unpaired) electrons. The van der Waals surface area contributed by atoms with Crippen LogP contribution in [0.1, 0.15) is 24.8 Å². The summed E-state index contributed by atoms with van der Waals surface area (Å²) in [6.07, 6.45) is 7.57. The number of nitrogens with one attached hydrogen (secondary N) is 2. The van der Waals surface area contributed by atoms with Crippen molar-refractivity contribution in [3.8, 4) is 33.8 Å². The van der Waals surface area contributed by atoms with Gasteiger partial charge in [-0.3, -0.25) is 0 Å². The second-order valence-corrected chi connectivity index (χ2v) is 9.11. The number of pyridine rings is 1. The number of rotatable bonds is 8. The van der Waals surface area contributed by atoms with Crippen LogP contribution in [0.5, 0.6) is 11.5 Å². The van der Waals surface area contributed by atoms with Gasteiger partial charge in [0.25, 0.3) is 0 Å². The number of aromatic amines is 1. The lowest BCUT2D eigenvalue weighted by Crippen LogP contribution is -2.29. The maximum Gasteiger partial charge on any atom is 0.137 e. The predicted octanol–water partition coefficient (Wildman–Crippen LogP) is 5.19. The van der Waals surface area contributed by atoms with Gasteiger partial charge in [-0.15, -0.1) is 0 Å². The summed E-state index contributed by atoms with van der Waals surface area (Å²) >= 11 is 0. The number of hydrogen-bond donors (Lipinski definition) is 3. The Kier molecular flexibility index (Phi) is 6.52. The number of H-pyrrole nitrogens is 1. The maximum absolute atomic E-state index is 10.4. The number of likely N-dealkylation sites (tertiary alicyclic amines) is 1. The molecule has 1 aliphatic rings. The summed E-state index contributed by atoms with van der Waals surface area (Å²) in [5.74, 6) is 1.15. The Labute approximate surface area is 200 Å². The van der Waals surface area contributed by atoms with E-state index in [0.717, 1.165) is 57.6 Å². The van der Waals surface area contributed by atoms with E-state index >= 15 is 0 Å². The molecule has 3 N–H and O–H groups in total.